The Balaban J connectivity index is 1.53. The van der Waals surface area contributed by atoms with E-state index in [2.05, 4.69) is 15.1 Å². The minimum atomic E-state index is -0.180. The van der Waals surface area contributed by atoms with Crippen LogP contribution in [-0.4, -0.2) is 84.9 Å². The van der Waals surface area contributed by atoms with Crippen LogP contribution in [0.25, 0.3) is 11.5 Å². The fourth-order valence-electron chi connectivity index (χ4n) is 4.80. The van der Waals surface area contributed by atoms with Gasteiger partial charge in [0.1, 0.15) is 25.8 Å². The van der Waals surface area contributed by atoms with Crippen molar-refractivity contribution in [1.82, 2.24) is 24.6 Å². The molecule has 0 bridgehead atoms. The molecule has 2 aromatic heterocycles. The van der Waals surface area contributed by atoms with Crippen LogP contribution in [-0.2, 0) is 11.3 Å². The van der Waals surface area contributed by atoms with Gasteiger partial charge in [-0.2, -0.15) is 4.98 Å². The van der Waals surface area contributed by atoms with Crippen LogP contribution in [0.3, 0.4) is 0 Å². The smallest absolute Gasteiger partial charge is 0.276 e. The minimum Gasteiger partial charge on any atom is -0.496 e. The Kier molecular flexibility index (Phi) is 7.02. The first-order valence-electron chi connectivity index (χ1n) is 12.5. The summed E-state index contributed by atoms with van der Waals surface area (Å²) in [6.07, 6.45) is 1.95. The Morgan fingerprint density at radius 1 is 1.14 bits per heavy atom. The van der Waals surface area contributed by atoms with Gasteiger partial charge >= 0.3 is 0 Å². The highest BCUT2D eigenvalue weighted by molar-refractivity contribution is 5.98. The summed E-state index contributed by atoms with van der Waals surface area (Å²) >= 11 is 0. The molecule has 12 heteroatoms. The Morgan fingerprint density at radius 3 is 2.62 bits per heavy atom. The molecule has 1 fully saturated rings. The molecule has 12 nitrogen and oxygen atoms in total. The number of hydrogen-bond acceptors (Lipinski definition) is 10. The fourth-order valence-corrected chi connectivity index (χ4v) is 4.80. The molecule has 0 aliphatic carbocycles. The molecule has 0 atom stereocenters. The molecule has 1 aromatic carbocycles. The number of nitrogens with two attached hydrogens (primary N) is 1. The van der Waals surface area contributed by atoms with Crippen molar-refractivity contribution < 1.29 is 18.7 Å². The van der Waals surface area contributed by atoms with E-state index in [1.807, 2.05) is 41.6 Å². The molecule has 0 unspecified atom stereocenters. The standard InChI is InChI=1S/C25H34N8O4/c1-16-5-6-18(11-19(16)35-4)23-29-28-20(37-23)13-33-21-22(30(2)14-36-15-31(3)24(21)34)27-25(33)32-9-7-17(12-26)8-10-32/h5-6,11,17H,7-10,12-15,26H2,1-4H3. The number of imidazole rings is 1. The summed E-state index contributed by atoms with van der Waals surface area (Å²) in [7, 11) is 5.22. The maximum absolute atomic E-state index is 13.5. The average molecular weight is 511 g/mol. The van der Waals surface area contributed by atoms with Crippen molar-refractivity contribution in [2.24, 2.45) is 11.7 Å². The highest BCUT2D eigenvalue weighted by Crippen LogP contribution is 2.32. The predicted molar refractivity (Wildman–Crippen MR) is 138 cm³/mol. The molecular weight excluding hydrogens is 476 g/mol. The Bertz CT molecular complexity index is 1260. The van der Waals surface area contributed by atoms with Gasteiger partial charge in [0.05, 0.1) is 7.11 Å². The van der Waals surface area contributed by atoms with Gasteiger partial charge in [-0.3, -0.25) is 9.36 Å². The highest BCUT2D eigenvalue weighted by atomic mass is 16.5. The van der Waals surface area contributed by atoms with Crippen LogP contribution in [0.4, 0.5) is 11.8 Å². The van der Waals surface area contributed by atoms with E-state index in [-0.39, 0.29) is 19.2 Å². The van der Waals surface area contributed by atoms with Gasteiger partial charge < -0.3 is 34.3 Å². The van der Waals surface area contributed by atoms with Gasteiger partial charge in [0, 0.05) is 32.7 Å². The summed E-state index contributed by atoms with van der Waals surface area (Å²) in [5.74, 6) is 3.09. The third-order valence-corrected chi connectivity index (χ3v) is 7.06. The van der Waals surface area contributed by atoms with Gasteiger partial charge in [0.15, 0.2) is 11.5 Å². The monoisotopic (exact) mass is 510 g/mol. The molecule has 2 aliphatic rings. The summed E-state index contributed by atoms with van der Waals surface area (Å²) in [6, 6.07) is 5.74. The maximum Gasteiger partial charge on any atom is 0.276 e. The van der Waals surface area contributed by atoms with Crippen LogP contribution in [0.1, 0.15) is 34.8 Å². The predicted octanol–water partition coefficient (Wildman–Crippen LogP) is 1.93. The Labute approximate surface area is 215 Å². The van der Waals surface area contributed by atoms with Crippen LogP contribution in [0.2, 0.25) is 0 Å². The van der Waals surface area contributed by atoms with Gasteiger partial charge in [0.25, 0.3) is 5.91 Å². The molecule has 0 saturated carbocycles. The summed E-state index contributed by atoms with van der Waals surface area (Å²) < 4.78 is 19.1. The molecule has 198 valence electrons. The lowest BCUT2D eigenvalue weighted by molar-refractivity contribution is 0.0312. The van der Waals surface area contributed by atoms with E-state index in [9.17, 15) is 4.79 Å². The van der Waals surface area contributed by atoms with Gasteiger partial charge in [-0.15, -0.1) is 10.2 Å². The third kappa shape index (κ3) is 4.86. The SMILES string of the molecule is COc1cc(-c2nnc(Cn3c(N4CCC(CN)CC4)nc4c3C(=O)N(C)COCN4C)o2)ccc1C. The summed E-state index contributed by atoms with van der Waals surface area (Å²) in [5.41, 5.74) is 8.17. The van der Waals surface area contributed by atoms with E-state index < -0.39 is 0 Å². The van der Waals surface area contributed by atoms with Crippen molar-refractivity contribution in [1.29, 1.82) is 0 Å². The lowest BCUT2D eigenvalue weighted by atomic mass is 9.97. The number of carbonyl (C=O) groups excluding carboxylic acids is 1. The molecule has 1 saturated heterocycles. The largest absolute Gasteiger partial charge is 0.496 e. The quantitative estimate of drug-likeness (QED) is 0.525. The number of hydrogen-bond donors (Lipinski definition) is 1. The van der Waals surface area contributed by atoms with E-state index in [1.54, 1.807) is 19.1 Å². The fraction of sp³-hybridized carbons (Fsp3) is 0.520. The lowest BCUT2D eigenvalue weighted by Gasteiger charge is -2.32. The van der Waals surface area contributed by atoms with Gasteiger partial charge in [0.2, 0.25) is 17.7 Å². The number of aromatic nitrogens is 4. The minimum absolute atomic E-state index is 0.180. The molecule has 37 heavy (non-hydrogen) atoms. The first kappa shape index (κ1) is 25.0. The van der Waals surface area contributed by atoms with Crippen molar-refractivity contribution in [3.05, 3.63) is 35.3 Å². The van der Waals surface area contributed by atoms with Gasteiger partial charge in [-0.25, -0.2) is 0 Å². The number of piperidine rings is 1. The first-order valence-corrected chi connectivity index (χ1v) is 12.5. The van der Waals surface area contributed by atoms with Crippen molar-refractivity contribution in [2.45, 2.75) is 26.3 Å². The molecule has 0 spiro atoms. The normalized spacial score (nSPS) is 17.1. The number of nitrogens with zero attached hydrogens (tertiary/aromatic N) is 7. The molecule has 2 aliphatic heterocycles. The third-order valence-electron chi connectivity index (χ3n) is 7.06. The van der Waals surface area contributed by atoms with E-state index in [0.717, 1.165) is 42.8 Å². The second-order valence-electron chi connectivity index (χ2n) is 9.69. The number of methoxy groups -OCH3 is 1. The summed E-state index contributed by atoms with van der Waals surface area (Å²) in [5, 5.41) is 8.58. The van der Waals surface area contributed by atoms with E-state index in [1.165, 1.54) is 0 Å². The number of amides is 1. The Morgan fingerprint density at radius 2 is 1.89 bits per heavy atom. The summed E-state index contributed by atoms with van der Waals surface area (Å²) in [6.45, 7) is 4.97. The molecule has 2 N–H and O–H groups in total. The maximum atomic E-state index is 13.5. The molecule has 3 aromatic rings. The van der Waals surface area contributed by atoms with E-state index >= 15 is 0 Å². The van der Waals surface area contributed by atoms with Crippen molar-refractivity contribution in [3.8, 4) is 17.2 Å². The topological polar surface area (TPSA) is 128 Å². The van der Waals surface area contributed by atoms with E-state index in [0.29, 0.717) is 48.4 Å². The van der Waals surface area contributed by atoms with Crippen molar-refractivity contribution in [2.75, 3.05) is 64.1 Å². The molecule has 5 rings (SSSR count). The second kappa shape index (κ2) is 10.4. The number of rotatable bonds is 6. The molecular formula is C25H34N8O4. The van der Waals surface area contributed by atoms with Crippen LogP contribution < -0.4 is 20.3 Å². The molecule has 4 heterocycles. The number of carbonyl (C=O) groups is 1. The van der Waals surface area contributed by atoms with Crippen LogP contribution in [0.5, 0.6) is 5.75 Å². The first-order chi connectivity index (χ1) is 17.9. The molecule has 1 amide bonds. The van der Waals surface area contributed by atoms with Crippen LogP contribution in [0.15, 0.2) is 22.6 Å². The van der Waals surface area contributed by atoms with Crippen LogP contribution in [0, 0.1) is 12.8 Å². The number of fused-ring (bicyclic) bond motifs is 1. The van der Waals surface area contributed by atoms with Crippen molar-refractivity contribution >= 4 is 17.7 Å². The zero-order chi connectivity index (χ0) is 26.1. The zero-order valence-electron chi connectivity index (χ0n) is 21.8. The number of aryl methyl sites for hydroxylation is 1. The number of anilines is 2. The molecule has 0 radical (unpaired) electrons. The van der Waals surface area contributed by atoms with Gasteiger partial charge in [-0.1, -0.05) is 6.07 Å². The Hall–Kier alpha value is -3.64. The van der Waals surface area contributed by atoms with Crippen molar-refractivity contribution in [3.63, 3.8) is 0 Å². The van der Waals surface area contributed by atoms with E-state index in [4.69, 9.17) is 24.6 Å². The average Bonchev–Trinajstić information content (AvgIpc) is 3.53. The summed E-state index contributed by atoms with van der Waals surface area (Å²) in [4.78, 5) is 24.1. The number of benzene rings is 1. The zero-order valence-corrected chi connectivity index (χ0v) is 21.8. The highest BCUT2D eigenvalue weighted by Gasteiger charge is 2.33. The lowest BCUT2D eigenvalue weighted by Crippen LogP contribution is -2.39. The van der Waals surface area contributed by atoms with Gasteiger partial charge in [-0.05, 0) is 49.9 Å². The second-order valence-corrected chi connectivity index (χ2v) is 9.69. The number of ether oxygens (including phenoxy) is 2. The van der Waals surface area contributed by atoms with Crippen LogP contribution >= 0.6 is 0 Å².